The van der Waals surface area contributed by atoms with Crippen LogP contribution in [-0.4, -0.2) is 36.1 Å². The molecule has 0 bridgehead atoms. The Morgan fingerprint density at radius 2 is 1.89 bits per heavy atom. The molecule has 1 aromatic rings. The predicted molar refractivity (Wildman–Crippen MR) is 86.2 cm³/mol. The Morgan fingerprint density at radius 3 is 2.42 bits per heavy atom. The van der Waals surface area contributed by atoms with Gasteiger partial charge in [0.2, 0.25) is 0 Å². The number of hydrogen-bond donors (Lipinski definition) is 1. The topological polar surface area (TPSA) is 28.2 Å². The standard InChI is InChI=1S/C12H17Cl2N3.2ClH/c1-2-10(17-7-5-15-6-8-17)9-3-4-11(13)16-12(9)14;;/h3-4,10,15H,2,5-8H2,1H3;2*1H/t10-;;/m1../s1. The average Bonchev–Trinajstić information content (AvgIpc) is 2.34. The van der Waals surface area contributed by atoms with Crippen molar-refractivity contribution in [3.63, 3.8) is 0 Å². The molecule has 110 valence electrons. The molecule has 1 aromatic heterocycles. The van der Waals surface area contributed by atoms with Crippen molar-refractivity contribution in [2.45, 2.75) is 19.4 Å². The molecule has 0 unspecified atom stereocenters. The smallest absolute Gasteiger partial charge is 0.135 e. The molecule has 0 aliphatic carbocycles. The predicted octanol–water partition coefficient (Wildman–Crippen LogP) is 3.59. The number of hydrogen-bond acceptors (Lipinski definition) is 3. The summed E-state index contributed by atoms with van der Waals surface area (Å²) in [6.07, 6.45) is 1.03. The van der Waals surface area contributed by atoms with Gasteiger partial charge < -0.3 is 5.32 Å². The number of pyridine rings is 1. The summed E-state index contributed by atoms with van der Waals surface area (Å²) in [6.45, 7) is 6.36. The van der Waals surface area contributed by atoms with Crippen molar-refractivity contribution in [1.82, 2.24) is 15.2 Å². The summed E-state index contributed by atoms with van der Waals surface area (Å²) in [5, 5.41) is 4.34. The van der Waals surface area contributed by atoms with E-state index in [9.17, 15) is 0 Å². The number of aromatic nitrogens is 1. The Hall–Kier alpha value is 0.230. The molecule has 7 heteroatoms. The van der Waals surface area contributed by atoms with E-state index in [0.29, 0.717) is 16.3 Å². The van der Waals surface area contributed by atoms with Crippen molar-refractivity contribution >= 4 is 48.0 Å². The largest absolute Gasteiger partial charge is 0.314 e. The van der Waals surface area contributed by atoms with Crippen molar-refractivity contribution in [2.24, 2.45) is 0 Å². The minimum atomic E-state index is 0. The van der Waals surface area contributed by atoms with Gasteiger partial charge in [-0.2, -0.15) is 0 Å². The molecule has 3 nitrogen and oxygen atoms in total. The molecule has 2 rings (SSSR count). The van der Waals surface area contributed by atoms with Crippen molar-refractivity contribution in [1.29, 1.82) is 0 Å². The van der Waals surface area contributed by atoms with Crippen LogP contribution in [0.4, 0.5) is 0 Å². The van der Waals surface area contributed by atoms with Crippen molar-refractivity contribution in [3.8, 4) is 0 Å². The minimum absolute atomic E-state index is 0. The summed E-state index contributed by atoms with van der Waals surface area (Å²) in [6, 6.07) is 4.15. The van der Waals surface area contributed by atoms with Crippen LogP contribution in [0.1, 0.15) is 24.9 Å². The lowest BCUT2D eigenvalue weighted by molar-refractivity contribution is 0.169. The molecule has 0 amide bonds. The molecular weight excluding hydrogens is 328 g/mol. The number of rotatable bonds is 3. The molecule has 0 saturated carbocycles. The van der Waals surface area contributed by atoms with Gasteiger partial charge in [-0.25, -0.2) is 4.98 Å². The summed E-state index contributed by atoms with van der Waals surface area (Å²) in [7, 11) is 0. The molecule has 0 aromatic carbocycles. The van der Waals surface area contributed by atoms with Gasteiger partial charge in [-0.15, -0.1) is 24.8 Å². The first kappa shape index (κ1) is 19.2. The van der Waals surface area contributed by atoms with E-state index < -0.39 is 0 Å². The highest BCUT2D eigenvalue weighted by molar-refractivity contribution is 6.32. The van der Waals surface area contributed by atoms with Crippen molar-refractivity contribution in [2.75, 3.05) is 26.2 Å². The summed E-state index contributed by atoms with van der Waals surface area (Å²) in [4.78, 5) is 6.58. The first-order valence-corrected chi connectivity index (χ1v) is 6.74. The third kappa shape index (κ3) is 4.92. The molecule has 1 atom stereocenters. The zero-order valence-electron chi connectivity index (χ0n) is 10.7. The van der Waals surface area contributed by atoms with Crippen LogP contribution in [-0.2, 0) is 0 Å². The third-order valence-electron chi connectivity index (χ3n) is 3.18. The molecule has 0 radical (unpaired) electrons. The van der Waals surface area contributed by atoms with Gasteiger partial charge in [0, 0.05) is 37.8 Å². The van der Waals surface area contributed by atoms with E-state index in [1.807, 2.05) is 12.1 Å². The zero-order chi connectivity index (χ0) is 12.3. The summed E-state index contributed by atoms with van der Waals surface area (Å²) in [5.41, 5.74) is 1.08. The number of nitrogens with zero attached hydrogens (tertiary/aromatic N) is 2. The average molecular weight is 347 g/mol. The highest BCUT2D eigenvalue weighted by Gasteiger charge is 2.22. The molecular formula is C12H19Cl4N3. The monoisotopic (exact) mass is 345 g/mol. The molecule has 0 spiro atoms. The van der Waals surface area contributed by atoms with Crippen LogP contribution in [0, 0.1) is 0 Å². The molecule has 1 fully saturated rings. The fourth-order valence-electron chi connectivity index (χ4n) is 2.34. The Balaban J connectivity index is 0.00000162. The molecule has 1 aliphatic rings. The molecule has 2 heterocycles. The maximum Gasteiger partial charge on any atom is 0.135 e. The normalized spacial score (nSPS) is 17.2. The van der Waals surface area contributed by atoms with E-state index in [4.69, 9.17) is 23.2 Å². The molecule has 1 saturated heterocycles. The maximum atomic E-state index is 6.18. The van der Waals surface area contributed by atoms with Crippen LogP contribution < -0.4 is 5.32 Å². The van der Waals surface area contributed by atoms with Crippen LogP contribution >= 0.6 is 48.0 Å². The quantitative estimate of drug-likeness (QED) is 0.848. The van der Waals surface area contributed by atoms with Gasteiger partial charge >= 0.3 is 0 Å². The summed E-state index contributed by atoms with van der Waals surface area (Å²) >= 11 is 12.0. The Labute approximate surface area is 136 Å². The fraction of sp³-hybridized carbons (Fsp3) is 0.583. The molecule has 19 heavy (non-hydrogen) atoms. The van der Waals surface area contributed by atoms with Gasteiger partial charge in [0.25, 0.3) is 0 Å². The van der Waals surface area contributed by atoms with Gasteiger partial charge in [0.1, 0.15) is 10.3 Å². The highest BCUT2D eigenvalue weighted by Crippen LogP contribution is 2.30. The second-order valence-corrected chi connectivity index (χ2v) is 4.97. The second kappa shape index (κ2) is 9.22. The Morgan fingerprint density at radius 1 is 1.26 bits per heavy atom. The van der Waals surface area contributed by atoms with Gasteiger partial charge in [0.05, 0.1) is 0 Å². The third-order valence-corrected chi connectivity index (χ3v) is 3.69. The van der Waals surface area contributed by atoms with Crippen molar-refractivity contribution in [3.05, 3.63) is 28.0 Å². The first-order valence-electron chi connectivity index (χ1n) is 5.99. The van der Waals surface area contributed by atoms with Crippen LogP contribution in [0.25, 0.3) is 0 Å². The van der Waals surface area contributed by atoms with Crippen LogP contribution in [0.3, 0.4) is 0 Å². The minimum Gasteiger partial charge on any atom is -0.314 e. The fourth-order valence-corrected chi connectivity index (χ4v) is 2.81. The van der Waals surface area contributed by atoms with E-state index >= 15 is 0 Å². The van der Waals surface area contributed by atoms with Gasteiger partial charge in [0.15, 0.2) is 0 Å². The van der Waals surface area contributed by atoms with Crippen LogP contribution in [0.5, 0.6) is 0 Å². The van der Waals surface area contributed by atoms with E-state index in [1.54, 1.807) is 0 Å². The first-order chi connectivity index (χ1) is 8.22. The lowest BCUT2D eigenvalue weighted by atomic mass is 10.0. The van der Waals surface area contributed by atoms with Gasteiger partial charge in [-0.05, 0) is 12.5 Å². The van der Waals surface area contributed by atoms with Gasteiger partial charge in [-0.1, -0.05) is 36.2 Å². The Bertz CT molecular complexity index is 383. The zero-order valence-corrected chi connectivity index (χ0v) is 13.9. The summed E-state index contributed by atoms with van der Waals surface area (Å²) in [5.74, 6) is 0. The number of halogens is 4. The summed E-state index contributed by atoms with van der Waals surface area (Å²) < 4.78 is 0. The Kier molecular flexibility index (Phi) is 9.33. The van der Waals surface area contributed by atoms with E-state index in [1.165, 1.54) is 0 Å². The molecule has 1 N–H and O–H groups in total. The van der Waals surface area contributed by atoms with E-state index in [-0.39, 0.29) is 24.8 Å². The highest BCUT2D eigenvalue weighted by atomic mass is 35.5. The lowest BCUT2D eigenvalue weighted by Gasteiger charge is -2.34. The van der Waals surface area contributed by atoms with Crippen LogP contribution in [0.15, 0.2) is 12.1 Å². The number of nitrogens with one attached hydrogen (secondary N) is 1. The molecule has 1 aliphatic heterocycles. The lowest BCUT2D eigenvalue weighted by Crippen LogP contribution is -2.45. The van der Waals surface area contributed by atoms with Crippen LogP contribution in [0.2, 0.25) is 10.3 Å². The van der Waals surface area contributed by atoms with Crippen molar-refractivity contribution < 1.29 is 0 Å². The SMILES string of the molecule is CC[C@H](c1ccc(Cl)nc1Cl)N1CCNCC1.Cl.Cl. The second-order valence-electron chi connectivity index (χ2n) is 4.22. The van der Waals surface area contributed by atoms with E-state index in [0.717, 1.165) is 38.2 Å². The maximum absolute atomic E-state index is 6.18. The van der Waals surface area contributed by atoms with E-state index in [2.05, 4.69) is 22.1 Å². The number of piperazine rings is 1. The van der Waals surface area contributed by atoms with Gasteiger partial charge in [-0.3, -0.25) is 4.90 Å².